The third-order valence-electron chi connectivity index (χ3n) is 2.79. The number of rotatable bonds is 2. The van der Waals surface area contributed by atoms with Gasteiger partial charge in [0.1, 0.15) is 16.9 Å². The minimum absolute atomic E-state index is 0. The summed E-state index contributed by atoms with van der Waals surface area (Å²) in [5.41, 5.74) is 0.857. The number of fused-ring (bicyclic) bond motifs is 1. The molecule has 1 aliphatic rings. The van der Waals surface area contributed by atoms with Gasteiger partial charge >= 0.3 is 0 Å². The Balaban J connectivity index is 0.00000162. The smallest absolute Gasteiger partial charge is 0.239 e. The number of halogens is 2. The summed E-state index contributed by atoms with van der Waals surface area (Å²) < 4.78 is 6.35. The van der Waals surface area contributed by atoms with Crippen molar-refractivity contribution in [3.8, 4) is 5.88 Å². The van der Waals surface area contributed by atoms with Crippen LogP contribution in [0.1, 0.15) is 19.5 Å². The van der Waals surface area contributed by atoms with Gasteiger partial charge in [0.25, 0.3) is 0 Å². The molecule has 102 valence electrons. The van der Waals surface area contributed by atoms with Gasteiger partial charge in [-0.3, -0.25) is 0 Å². The topological polar surface area (TPSA) is 50.3 Å². The van der Waals surface area contributed by atoms with Crippen molar-refractivity contribution in [3.05, 3.63) is 10.3 Å². The van der Waals surface area contributed by atoms with Gasteiger partial charge < -0.3 is 15.0 Å². The van der Waals surface area contributed by atoms with Gasteiger partial charge in [0, 0.05) is 26.2 Å². The molecular weight excluding hydrogens is 320 g/mol. The lowest BCUT2D eigenvalue weighted by Gasteiger charge is -2.24. The SMILES string of the molecule is CC(C)N(C)c1nc2c(nc1Br)CNCCO2.Cl. The number of nitrogens with zero attached hydrogens (tertiary/aromatic N) is 3. The van der Waals surface area contributed by atoms with Gasteiger partial charge in [0.15, 0.2) is 5.82 Å². The van der Waals surface area contributed by atoms with Crippen LogP contribution in [0.25, 0.3) is 0 Å². The molecule has 0 radical (unpaired) electrons. The van der Waals surface area contributed by atoms with Crippen molar-refractivity contribution < 1.29 is 4.74 Å². The monoisotopic (exact) mass is 336 g/mol. The van der Waals surface area contributed by atoms with E-state index in [0.717, 1.165) is 22.7 Å². The molecule has 2 heterocycles. The van der Waals surface area contributed by atoms with Gasteiger partial charge in [0.2, 0.25) is 5.88 Å². The number of nitrogens with one attached hydrogen (secondary N) is 1. The van der Waals surface area contributed by atoms with Gasteiger partial charge in [0.05, 0.1) is 0 Å². The zero-order valence-electron chi connectivity index (χ0n) is 10.7. The molecule has 0 aromatic carbocycles. The molecule has 18 heavy (non-hydrogen) atoms. The molecule has 0 saturated heterocycles. The highest BCUT2D eigenvalue weighted by Gasteiger charge is 2.18. The first kappa shape index (κ1) is 15.5. The van der Waals surface area contributed by atoms with E-state index < -0.39 is 0 Å². The summed E-state index contributed by atoms with van der Waals surface area (Å²) in [5, 5.41) is 3.24. The molecule has 5 nitrogen and oxygen atoms in total. The highest BCUT2D eigenvalue weighted by molar-refractivity contribution is 9.10. The second-order valence-corrected chi connectivity index (χ2v) is 5.07. The predicted molar refractivity (Wildman–Crippen MR) is 77.7 cm³/mol. The zero-order valence-corrected chi connectivity index (χ0v) is 13.1. The molecule has 2 rings (SSSR count). The summed E-state index contributed by atoms with van der Waals surface area (Å²) in [6.07, 6.45) is 0. The molecule has 1 aromatic rings. The van der Waals surface area contributed by atoms with Gasteiger partial charge in [-0.15, -0.1) is 12.4 Å². The predicted octanol–water partition coefficient (Wildman–Crippen LogP) is 1.99. The largest absolute Gasteiger partial charge is 0.475 e. The van der Waals surface area contributed by atoms with E-state index in [0.29, 0.717) is 25.1 Å². The molecule has 0 saturated carbocycles. The molecule has 0 amide bonds. The van der Waals surface area contributed by atoms with E-state index in [2.05, 4.69) is 50.0 Å². The molecule has 0 bridgehead atoms. The van der Waals surface area contributed by atoms with Crippen molar-refractivity contribution in [2.45, 2.75) is 26.4 Å². The number of anilines is 1. The van der Waals surface area contributed by atoms with E-state index in [-0.39, 0.29) is 12.4 Å². The normalized spacial score (nSPS) is 14.3. The summed E-state index contributed by atoms with van der Waals surface area (Å²) in [7, 11) is 2.00. The average Bonchev–Trinajstić information content (AvgIpc) is 2.51. The Labute approximate surface area is 122 Å². The average molecular weight is 338 g/mol. The van der Waals surface area contributed by atoms with Crippen LogP contribution in [-0.4, -0.2) is 36.2 Å². The third-order valence-corrected chi connectivity index (χ3v) is 3.32. The second kappa shape index (κ2) is 6.54. The van der Waals surface area contributed by atoms with Crippen LogP contribution in [0.3, 0.4) is 0 Å². The fraction of sp³-hybridized carbons (Fsp3) is 0.636. The maximum absolute atomic E-state index is 5.59. The highest BCUT2D eigenvalue weighted by atomic mass is 79.9. The third kappa shape index (κ3) is 3.24. The number of aromatic nitrogens is 2. The Bertz CT molecular complexity index is 416. The van der Waals surface area contributed by atoms with E-state index in [1.54, 1.807) is 0 Å². The van der Waals surface area contributed by atoms with Crippen LogP contribution in [0.5, 0.6) is 5.88 Å². The van der Waals surface area contributed by atoms with Crippen molar-refractivity contribution in [2.24, 2.45) is 0 Å². The molecule has 1 aliphatic heterocycles. The molecule has 0 unspecified atom stereocenters. The summed E-state index contributed by atoms with van der Waals surface area (Å²) >= 11 is 3.47. The van der Waals surface area contributed by atoms with Gasteiger partial charge in [-0.05, 0) is 29.8 Å². The van der Waals surface area contributed by atoms with Gasteiger partial charge in [-0.25, -0.2) is 4.98 Å². The van der Waals surface area contributed by atoms with Crippen LogP contribution < -0.4 is 15.0 Å². The molecule has 1 aromatic heterocycles. The minimum atomic E-state index is 0. The molecule has 1 N–H and O–H groups in total. The Morgan fingerprint density at radius 2 is 2.11 bits per heavy atom. The molecule has 0 atom stereocenters. The molecule has 0 spiro atoms. The van der Waals surface area contributed by atoms with Crippen LogP contribution in [0.4, 0.5) is 5.82 Å². The quantitative estimate of drug-likeness (QED) is 0.894. The van der Waals surface area contributed by atoms with Crippen molar-refractivity contribution in [3.63, 3.8) is 0 Å². The first-order valence-electron chi connectivity index (χ1n) is 5.72. The Morgan fingerprint density at radius 3 is 2.78 bits per heavy atom. The Morgan fingerprint density at radius 1 is 1.39 bits per heavy atom. The van der Waals surface area contributed by atoms with Crippen LogP contribution in [0, 0.1) is 0 Å². The van der Waals surface area contributed by atoms with Crippen molar-refractivity contribution in [1.82, 2.24) is 15.3 Å². The number of ether oxygens (including phenoxy) is 1. The molecule has 0 fully saturated rings. The lowest BCUT2D eigenvalue weighted by molar-refractivity contribution is 0.313. The summed E-state index contributed by atoms with van der Waals surface area (Å²) in [6.45, 7) is 6.39. The maximum Gasteiger partial charge on any atom is 0.239 e. The maximum atomic E-state index is 5.59. The highest BCUT2D eigenvalue weighted by Crippen LogP contribution is 2.28. The number of hydrogen-bond donors (Lipinski definition) is 1. The fourth-order valence-corrected chi connectivity index (χ4v) is 2.13. The Kier molecular flexibility index (Phi) is 5.62. The van der Waals surface area contributed by atoms with Gasteiger partial charge in [-0.1, -0.05) is 0 Å². The molecular formula is C11H18BrClN4O. The minimum Gasteiger partial charge on any atom is -0.475 e. The van der Waals surface area contributed by atoms with Crippen LogP contribution in [0.15, 0.2) is 4.60 Å². The first-order valence-corrected chi connectivity index (χ1v) is 6.51. The van der Waals surface area contributed by atoms with E-state index in [9.17, 15) is 0 Å². The van der Waals surface area contributed by atoms with E-state index in [1.807, 2.05) is 7.05 Å². The lowest BCUT2D eigenvalue weighted by atomic mass is 10.3. The lowest BCUT2D eigenvalue weighted by Crippen LogP contribution is -2.27. The van der Waals surface area contributed by atoms with E-state index >= 15 is 0 Å². The summed E-state index contributed by atoms with van der Waals surface area (Å²) in [6, 6.07) is 0.363. The van der Waals surface area contributed by atoms with Gasteiger partial charge in [-0.2, -0.15) is 4.98 Å². The summed E-state index contributed by atoms with van der Waals surface area (Å²) in [4.78, 5) is 11.1. The van der Waals surface area contributed by atoms with Crippen LogP contribution >= 0.6 is 28.3 Å². The standard InChI is InChI=1S/C11H17BrN4O.ClH/c1-7(2)16(3)10-9(12)14-8-6-13-4-5-17-11(8)15-10;/h7,13H,4-6H2,1-3H3;1H. The van der Waals surface area contributed by atoms with Crippen LogP contribution in [-0.2, 0) is 6.54 Å². The molecule has 7 heteroatoms. The second-order valence-electron chi connectivity index (χ2n) is 4.32. The fourth-order valence-electron chi connectivity index (χ4n) is 1.55. The summed E-state index contributed by atoms with van der Waals surface area (Å²) in [5.74, 6) is 1.46. The van der Waals surface area contributed by atoms with Crippen molar-refractivity contribution in [1.29, 1.82) is 0 Å². The van der Waals surface area contributed by atoms with E-state index in [4.69, 9.17) is 4.74 Å². The molecule has 0 aliphatic carbocycles. The van der Waals surface area contributed by atoms with Crippen molar-refractivity contribution in [2.75, 3.05) is 25.1 Å². The number of hydrogen-bond acceptors (Lipinski definition) is 5. The van der Waals surface area contributed by atoms with Crippen LogP contribution in [0.2, 0.25) is 0 Å². The first-order chi connectivity index (χ1) is 8.09. The van der Waals surface area contributed by atoms with Crippen molar-refractivity contribution >= 4 is 34.2 Å². The zero-order chi connectivity index (χ0) is 12.4. The Hall–Kier alpha value is -0.590. The van der Waals surface area contributed by atoms with E-state index in [1.165, 1.54) is 0 Å².